The summed E-state index contributed by atoms with van der Waals surface area (Å²) in [6.45, 7) is 0. The molecule has 3 aliphatic rings. The second-order valence-corrected chi connectivity index (χ2v) is 6.57. The number of carbonyl (C=O) groups is 1. The fraction of sp³-hybridized carbons (Fsp3) is 0.875. The molecule has 112 valence electrons. The molecule has 0 unspecified atom stereocenters. The minimum Gasteiger partial charge on any atom is -0.478 e. The monoisotopic (exact) mass is 279 g/mol. The van der Waals surface area contributed by atoms with Gasteiger partial charge >= 0.3 is 5.97 Å². The van der Waals surface area contributed by atoms with Crippen LogP contribution >= 0.6 is 0 Å². The first-order valence-corrected chi connectivity index (χ1v) is 8.23. The molecule has 2 aliphatic carbocycles. The van der Waals surface area contributed by atoms with Crippen molar-refractivity contribution < 1.29 is 14.6 Å². The highest BCUT2D eigenvalue weighted by Gasteiger charge is 2.43. The average Bonchev–Trinajstić information content (AvgIpc) is 2.94. The lowest BCUT2D eigenvalue weighted by Gasteiger charge is -2.26. The van der Waals surface area contributed by atoms with Crippen LogP contribution < -0.4 is 0 Å². The second kappa shape index (κ2) is 6.15. The average molecular weight is 279 g/mol. The van der Waals surface area contributed by atoms with Crippen LogP contribution in [0, 0.1) is 11.8 Å². The molecule has 1 N–H and O–H groups in total. The Morgan fingerprint density at radius 1 is 1.00 bits per heavy atom. The highest BCUT2D eigenvalue weighted by Crippen LogP contribution is 2.36. The molecule has 0 amide bonds. The molecule has 2 saturated carbocycles. The summed E-state index contributed by atoms with van der Waals surface area (Å²) in [5, 5.41) is 9.43. The van der Waals surface area contributed by atoms with Gasteiger partial charge in [-0.1, -0.05) is 38.5 Å². The standard InChI is InChI=1S/C16H25NO3/c18-16(19)14-13(11-7-3-1-4-8-11)17-15(20-14)12-9-5-2-6-10-12/h11-14H,1-10H2,(H,18,19)/t13-,14-/m0/s1. The van der Waals surface area contributed by atoms with E-state index < -0.39 is 12.1 Å². The van der Waals surface area contributed by atoms with Crippen LogP contribution in [0.5, 0.6) is 0 Å². The third kappa shape index (κ3) is 2.84. The zero-order valence-corrected chi connectivity index (χ0v) is 12.1. The van der Waals surface area contributed by atoms with E-state index in [-0.39, 0.29) is 6.04 Å². The molecule has 2 atom stereocenters. The SMILES string of the molecule is O=C(O)[C@H]1OC(C2CCCCC2)=N[C@H]1C1CCCCC1. The Hall–Kier alpha value is -1.06. The molecule has 0 spiro atoms. The molecule has 2 fully saturated rings. The Labute approximate surface area is 120 Å². The number of hydrogen-bond acceptors (Lipinski definition) is 3. The van der Waals surface area contributed by atoms with Crippen LogP contribution in [-0.4, -0.2) is 29.1 Å². The van der Waals surface area contributed by atoms with E-state index in [2.05, 4.69) is 0 Å². The van der Waals surface area contributed by atoms with Crippen molar-refractivity contribution in [2.24, 2.45) is 16.8 Å². The third-order valence-electron chi connectivity index (χ3n) is 5.16. The van der Waals surface area contributed by atoms with Crippen LogP contribution in [0.15, 0.2) is 4.99 Å². The Bertz CT molecular complexity index is 381. The first-order valence-electron chi connectivity index (χ1n) is 8.23. The fourth-order valence-corrected chi connectivity index (χ4v) is 4.02. The van der Waals surface area contributed by atoms with Crippen molar-refractivity contribution in [3.8, 4) is 0 Å². The molecule has 3 rings (SSSR count). The second-order valence-electron chi connectivity index (χ2n) is 6.57. The van der Waals surface area contributed by atoms with E-state index >= 15 is 0 Å². The van der Waals surface area contributed by atoms with E-state index in [0.717, 1.165) is 31.6 Å². The minimum absolute atomic E-state index is 0.135. The molecule has 0 saturated heterocycles. The van der Waals surface area contributed by atoms with Gasteiger partial charge in [-0.15, -0.1) is 0 Å². The van der Waals surface area contributed by atoms with Crippen LogP contribution in [0.4, 0.5) is 0 Å². The lowest BCUT2D eigenvalue weighted by molar-refractivity contribution is -0.146. The molecule has 20 heavy (non-hydrogen) atoms. The van der Waals surface area contributed by atoms with Gasteiger partial charge in [0.2, 0.25) is 6.10 Å². The van der Waals surface area contributed by atoms with E-state index in [0.29, 0.717) is 11.8 Å². The van der Waals surface area contributed by atoms with Crippen LogP contribution in [0.1, 0.15) is 64.2 Å². The maximum absolute atomic E-state index is 11.5. The number of nitrogens with zero attached hydrogens (tertiary/aromatic N) is 1. The van der Waals surface area contributed by atoms with E-state index in [9.17, 15) is 9.90 Å². The normalized spacial score (nSPS) is 32.7. The van der Waals surface area contributed by atoms with Crippen LogP contribution in [0.25, 0.3) is 0 Å². The van der Waals surface area contributed by atoms with E-state index in [4.69, 9.17) is 9.73 Å². The number of aliphatic imine (C=N–C) groups is 1. The molecule has 1 heterocycles. The summed E-state index contributed by atoms with van der Waals surface area (Å²) in [6.07, 6.45) is 11.2. The van der Waals surface area contributed by atoms with Crippen molar-refractivity contribution in [3.05, 3.63) is 0 Å². The van der Waals surface area contributed by atoms with Crippen molar-refractivity contribution in [2.45, 2.75) is 76.4 Å². The number of aliphatic carboxylic acids is 1. The van der Waals surface area contributed by atoms with Crippen LogP contribution in [0.3, 0.4) is 0 Å². The highest BCUT2D eigenvalue weighted by atomic mass is 16.5. The predicted molar refractivity (Wildman–Crippen MR) is 76.9 cm³/mol. The predicted octanol–water partition coefficient (Wildman–Crippen LogP) is 3.40. The van der Waals surface area contributed by atoms with Crippen molar-refractivity contribution in [2.75, 3.05) is 0 Å². The van der Waals surface area contributed by atoms with Crippen molar-refractivity contribution in [1.29, 1.82) is 0 Å². The lowest BCUT2D eigenvalue weighted by atomic mass is 9.82. The summed E-state index contributed by atoms with van der Waals surface area (Å²) in [4.78, 5) is 16.2. The van der Waals surface area contributed by atoms with Gasteiger partial charge in [0, 0.05) is 5.92 Å². The van der Waals surface area contributed by atoms with Crippen molar-refractivity contribution >= 4 is 11.9 Å². The van der Waals surface area contributed by atoms with Crippen LogP contribution in [0.2, 0.25) is 0 Å². The van der Waals surface area contributed by atoms with Gasteiger partial charge in [-0.05, 0) is 31.6 Å². The summed E-state index contributed by atoms with van der Waals surface area (Å²) < 4.78 is 5.78. The maximum atomic E-state index is 11.5. The molecule has 0 radical (unpaired) electrons. The first kappa shape index (κ1) is 13.9. The maximum Gasteiger partial charge on any atom is 0.347 e. The number of hydrogen-bond donors (Lipinski definition) is 1. The van der Waals surface area contributed by atoms with Gasteiger partial charge in [0.05, 0.1) is 0 Å². The molecule has 1 aliphatic heterocycles. The van der Waals surface area contributed by atoms with Gasteiger partial charge in [-0.2, -0.15) is 0 Å². The zero-order chi connectivity index (χ0) is 13.9. The molecule has 4 heteroatoms. The molecule has 0 aromatic heterocycles. The number of carboxylic acids is 1. The summed E-state index contributed by atoms with van der Waals surface area (Å²) in [5.41, 5.74) is 0. The van der Waals surface area contributed by atoms with E-state index in [1.807, 2.05) is 0 Å². The van der Waals surface area contributed by atoms with Gasteiger partial charge in [0.25, 0.3) is 0 Å². The van der Waals surface area contributed by atoms with Gasteiger partial charge in [0.15, 0.2) is 5.90 Å². The van der Waals surface area contributed by atoms with Gasteiger partial charge in [-0.3, -0.25) is 0 Å². The summed E-state index contributed by atoms with van der Waals surface area (Å²) in [6, 6.07) is -0.135. The quantitative estimate of drug-likeness (QED) is 0.861. The molecule has 0 aromatic carbocycles. The first-order chi connectivity index (χ1) is 9.75. The van der Waals surface area contributed by atoms with Crippen molar-refractivity contribution in [3.63, 3.8) is 0 Å². The molecule has 0 bridgehead atoms. The fourth-order valence-electron chi connectivity index (χ4n) is 4.02. The van der Waals surface area contributed by atoms with Gasteiger partial charge < -0.3 is 9.84 Å². The van der Waals surface area contributed by atoms with E-state index in [1.54, 1.807) is 0 Å². The molecule has 0 aromatic rings. The van der Waals surface area contributed by atoms with Crippen LogP contribution in [-0.2, 0) is 9.53 Å². The number of ether oxygens (including phenoxy) is 1. The Kier molecular flexibility index (Phi) is 4.27. The minimum atomic E-state index is -0.838. The van der Waals surface area contributed by atoms with Gasteiger partial charge in [0.1, 0.15) is 6.04 Å². The van der Waals surface area contributed by atoms with Gasteiger partial charge in [-0.25, -0.2) is 9.79 Å². The topological polar surface area (TPSA) is 58.9 Å². The Balaban J connectivity index is 1.73. The number of carboxylic acid groups (broad SMARTS) is 1. The summed E-state index contributed by atoms with van der Waals surface area (Å²) >= 11 is 0. The molecule has 4 nitrogen and oxygen atoms in total. The van der Waals surface area contributed by atoms with Crippen molar-refractivity contribution in [1.82, 2.24) is 0 Å². The largest absolute Gasteiger partial charge is 0.478 e. The summed E-state index contributed by atoms with van der Waals surface area (Å²) in [5.74, 6) is 0.702. The smallest absolute Gasteiger partial charge is 0.347 e. The number of rotatable bonds is 3. The summed E-state index contributed by atoms with van der Waals surface area (Å²) in [7, 11) is 0. The molecular weight excluding hydrogens is 254 g/mol. The Morgan fingerprint density at radius 2 is 1.60 bits per heavy atom. The lowest BCUT2D eigenvalue weighted by Crippen LogP contribution is -2.37. The molecular formula is C16H25NO3. The highest BCUT2D eigenvalue weighted by molar-refractivity contribution is 5.86. The zero-order valence-electron chi connectivity index (χ0n) is 12.1. The Morgan fingerprint density at radius 3 is 2.20 bits per heavy atom. The van der Waals surface area contributed by atoms with E-state index in [1.165, 1.54) is 38.5 Å². The third-order valence-corrected chi connectivity index (χ3v) is 5.16.